The summed E-state index contributed by atoms with van der Waals surface area (Å²) in [7, 11) is 2.10. The molecular formula is C31H29F3N6O. The number of fused-ring (bicyclic) bond motifs is 2. The van der Waals surface area contributed by atoms with E-state index in [0.717, 1.165) is 61.2 Å². The van der Waals surface area contributed by atoms with E-state index >= 15 is 0 Å². The van der Waals surface area contributed by atoms with Crippen LogP contribution < -0.4 is 5.32 Å². The Labute approximate surface area is 235 Å². The van der Waals surface area contributed by atoms with Crippen LogP contribution >= 0.6 is 0 Å². The zero-order valence-corrected chi connectivity index (χ0v) is 22.5. The largest absolute Gasteiger partial charge is 0.416 e. The molecule has 0 unspecified atom stereocenters. The SMILES string of the molecule is CN1CCN(CCNC(=O)c2cc(-c3ccc4ccccc4c3)nc3c2cnn3-c2ccc(C(F)(F)F)cc2)CC1. The molecule has 3 aromatic carbocycles. The monoisotopic (exact) mass is 558 g/mol. The number of nitrogens with zero attached hydrogens (tertiary/aromatic N) is 5. The number of carbonyl (C=O) groups is 1. The molecule has 0 spiro atoms. The number of nitrogens with one attached hydrogen (secondary N) is 1. The summed E-state index contributed by atoms with van der Waals surface area (Å²) < 4.78 is 41.0. The van der Waals surface area contributed by atoms with Crippen molar-refractivity contribution in [2.24, 2.45) is 0 Å². The highest BCUT2D eigenvalue weighted by Gasteiger charge is 2.30. The average molecular weight is 559 g/mol. The highest BCUT2D eigenvalue weighted by Crippen LogP contribution is 2.31. The molecule has 10 heteroatoms. The van der Waals surface area contributed by atoms with E-state index in [1.807, 2.05) is 42.5 Å². The Kier molecular flexibility index (Phi) is 7.19. The Morgan fingerprint density at radius 2 is 1.66 bits per heavy atom. The Morgan fingerprint density at radius 3 is 2.39 bits per heavy atom. The first-order chi connectivity index (χ1) is 19.8. The minimum atomic E-state index is -4.44. The van der Waals surface area contributed by atoms with Gasteiger partial charge < -0.3 is 10.2 Å². The highest BCUT2D eigenvalue weighted by atomic mass is 19.4. The van der Waals surface area contributed by atoms with Crippen molar-refractivity contribution >= 4 is 27.7 Å². The third-order valence-electron chi connectivity index (χ3n) is 7.58. The van der Waals surface area contributed by atoms with E-state index in [1.54, 1.807) is 12.3 Å². The topological polar surface area (TPSA) is 66.3 Å². The number of alkyl halides is 3. The van der Waals surface area contributed by atoms with E-state index < -0.39 is 11.7 Å². The van der Waals surface area contributed by atoms with Crippen LogP contribution in [0.3, 0.4) is 0 Å². The Hall–Kier alpha value is -4.28. The third kappa shape index (κ3) is 5.66. The Morgan fingerprint density at radius 1 is 0.927 bits per heavy atom. The van der Waals surface area contributed by atoms with E-state index in [-0.39, 0.29) is 5.91 Å². The number of likely N-dealkylation sites (N-methyl/N-ethyl adjacent to an activating group) is 1. The van der Waals surface area contributed by atoms with Gasteiger partial charge in [-0.3, -0.25) is 9.69 Å². The molecule has 1 amide bonds. The molecule has 1 aliphatic heterocycles. The molecule has 0 aliphatic carbocycles. The number of aromatic nitrogens is 3. The maximum Gasteiger partial charge on any atom is 0.416 e. The van der Waals surface area contributed by atoms with Gasteiger partial charge in [-0.25, -0.2) is 9.67 Å². The summed E-state index contributed by atoms with van der Waals surface area (Å²) in [5.74, 6) is -0.250. The van der Waals surface area contributed by atoms with E-state index in [2.05, 4.69) is 27.3 Å². The molecule has 0 radical (unpaired) electrons. The fourth-order valence-electron chi connectivity index (χ4n) is 5.16. The van der Waals surface area contributed by atoms with Crippen LogP contribution in [0.25, 0.3) is 38.8 Å². The quantitative estimate of drug-likeness (QED) is 0.309. The molecular weight excluding hydrogens is 529 g/mol. The summed E-state index contributed by atoms with van der Waals surface area (Å²) in [6.07, 6.45) is -2.90. The summed E-state index contributed by atoms with van der Waals surface area (Å²) in [6, 6.07) is 20.4. The van der Waals surface area contributed by atoms with Crippen LogP contribution in [0.1, 0.15) is 15.9 Å². The third-order valence-corrected chi connectivity index (χ3v) is 7.58. The van der Waals surface area contributed by atoms with Crippen LogP contribution in [0.4, 0.5) is 13.2 Å². The van der Waals surface area contributed by atoms with Gasteiger partial charge in [-0.15, -0.1) is 0 Å². The van der Waals surface area contributed by atoms with Crippen LogP contribution in [0.5, 0.6) is 0 Å². The lowest BCUT2D eigenvalue weighted by atomic mass is 10.0. The molecule has 0 atom stereocenters. The van der Waals surface area contributed by atoms with E-state index in [1.165, 1.54) is 16.8 Å². The lowest BCUT2D eigenvalue weighted by molar-refractivity contribution is -0.137. The van der Waals surface area contributed by atoms with E-state index in [9.17, 15) is 18.0 Å². The number of pyridine rings is 1. The number of benzene rings is 3. The van der Waals surface area contributed by atoms with Gasteiger partial charge in [0.1, 0.15) is 0 Å². The fourth-order valence-corrected chi connectivity index (χ4v) is 5.16. The number of hydrogen-bond acceptors (Lipinski definition) is 5. The fraction of sp³-hybridized carbons (Fsp3) is 0.258. The maximum absolute atomic E-state index is 13.5. The number of piperazine rings is 1. The summed E-state index contributed by atoms with van der Waals surface area (Å²) >= 11 is 0. The van der Waals surface area contributed by atoms with Crippen molar-refractivity contribution in [1.29, 1.82) is 0 Å². The highest BCUT2D eigenvalue weighted by molar-refractivity contribution is 6.07. The zero-order chi connectivity index (χ0) is 28.6. The van der Waals surface area contributed by atoms with Crippen molar-refractivity contribution < 1.29 is 18.0 Å². The molecule has 2 aromatic heterocycles. The predicted molar refractivity (Wildman–Crippen MR) is 153 cm³/mol. The van der Waals surface area contributed by atoms with Crippen molar-refractivity contribution in [3.05, 3.63) is 90.1 Å². The average Bonchev–Trinajstić information content (AvgIpc) is 3.41. The van der Waals surface area contributed by atoms with Gasteiger partial charge in [0.2, 0.25) is 0 Å². The van der Waals surface area contributed by atoms with Crippen molar-refractivity contribution in [3.63, 3.8) is 0 Å². The normalized spacial score (nSPS) is 15.0. The second-order valence-corrected chi connectivity index (χ2v) is 10.4. The minimum Gasteiger partial charge on any atom is -0.351 e. The lowest BCUT2D eigenvalue weighted by Gasteiger charge is -2.32. The second-order valence-electron chi connectivity index (χ2n) is 10.4. The Balaban J connectivity index is 1.37. The van der Waals surface area contributed by atoms with Gasteiger partial charge in [-0.05, 0) is 54.2 Å². The summed E-state index contributed by atoms with van der Waals surface area (Å²) in [5.41, 5.74) is 1.85. The molecule has 1 fully saturated rings. The number of amides is 1. The van der Waals surface area contributed by atoms with Gasteiger partial charge in [-0.2, -0.15) is 18.3 Å². The number of hydrogen-bond donors (Lipinski definition) is 1. The first kappa shape index (κ1) is 26.9. The van der Waals surface area contributed by atoms with Crippen LogP contribution in [-0.4, -0.2) is 76.8 Å². The summed E-state index contributed by atoms with van der Waals surface area (Å²) in [6.45, 7) is 5.14. The summed E-state index contributed by atoms with van der Waals surface area (Å²) in [4.78, 5) is 23.0. The molecule has 210 valence electrons. The molecule has 3 heterocycles. The lowest BCUT2D eigenvalue weighted by Crippen LogP contribution is -2.46. The van der Waals surface area contributed by atoms with Crippen LogP contribution in [0, 0.1) is 0 Å². The van der Waals surface area contributed by atoms with Crippen molar-refractivity contribution in [2.45, 2.75) is 6.18 Å². The van der Waals surface area contributed by atoms with Crippen LogP contribution in [-0.2, 0) is 6.18 Å². The molecule has 1 saturated heterocycles. The molecule has 0 saturated carbocycles. The van der Waals surface area contributed by atoms with Gasteiger partial charge in [0.25, 0.3) is 5.91 Å². The van der Waals surface area contributed by atoms with E-state index in [0.29, 0.717) is 34.5 Å². The molecule has 41 heavy (non-hydrogen) atoms. The molecule has 1 N–H and O–H groups in total. The first-order valence-corrected chi connectivity index (χ1v) is 13.5. The molecule has 7 nitrogen and oxygen atoms in total. The molecule has 1 aliphatic rings. The predicted octanol–water partition coefficient (Wildman–Crippen LogP) is 5.24. The summed E-state index contributed by atoms with van der Waals surface area (Å²) in [5, 5.41) is 10.1. The molecule has 5 aromatic rings. The Bertz CT molecular complexity index is 1710. The van der Waals surface area contributed by atoms with Crippen LogP contribution in [0.15, 0.2) is 79.0 Å². The van der Waals surface area contributed by atoms with Crippen molar-refractivity contribution in [3.8, 4) is 16.9 Å². The van der Waals surface area contributed by atoms with Crippen LogP contribution in [0.2, 0.25) is 0 Å². The number of halogens is 3. The second kappa shape index (κ2) is 10.9. The van der Waals surface area contributed by atoms with Crippen molar-refractivity contribution in [1.82, 2.24) is 29.9 Å². The molecule has 6 rings (SSSR count). The van der Waals surface area contributed by atoms with Gasteiger partial charge in [0, 0.05) is 44.8 Å². The van der Waals surface area contributed by atoms with Gasteiger partial charge in [-0.1, -0.05) is 36.4 Å². The van der Waals surface area contributed by atoms with E-state index in [4.69, 9.17) is 4.98 Å². The minimum absolute atomic E-state index is 0.250. The molecule has 0 bridgehead atoms. The number of rotatable bonds is 6. The number of carbonyl (C=O) groups excluding carboxylic acids is 1. The maximum atomic E-state index is 13.5. The first-order valence-electron chi connectivity index (χ1n) is 13.5. The standard InChI is InChI=1S/C31H29F3N6O/c1-38-14-16-39(17-15-38)13-12-35-30(41)26-19-28(23-7-6-21-4-2-3-5-22(21)18-23)37-29-27(26)20-36-40(29)25-10-8-24(9-11-25)31(32,33)34/h2-11,18-20H,12-17H2,1H3,(H,35,41). The van der Waals surface area contributed by atoms with Gasteiger partial charge in [0.15, 0.2) is 5.65 Å². The van der Waals surface area contributed by atoms with Gasteiger partial charge >= 0.3 is 6.18 Å². The zero-order valence-electron chi connectivity index (χ0n) is 22.5. The van der Waals surface area contributed by atoms with Crippen molar-refractivity contribution in [2.75, 3.05) is 46.3 Å². The van der Waals surface area contributed by atoms with Gasteiger partial charge in [0.05, 0.1) is 34.1 Å². The smallest absolute Gasteiger partial charge is 0.351 e.